The summed E-state index contributed by atoms with van der Waals surface area (Å²) >= 11 is 0. The highest BCUT2D eigenvalue weighted by Gasteiger charge is 2.24. The van der Waals surface area contributed by atoms with Gasteiger partial charge >= 0.3 is 0 Å². The lowest BCUT2D eigenvalue weighted by Gasteiger charge is -2.32. The summed E-state index contributed by atoms with van der Waals surface area (Å²) in [6.07, 6.45) is 2.26. The Morgan fingerprint density at radius 1 is 1.07 bits per heavy atom. The van der Waals surface area contributed by atoms with Crippen LogP contribution in [0.1, 0.15) is 36.9 Å². The molecule has 0 aromatic heterocycles. The monoisotopic (exact) mass is 365 g/mol. The average Bonchev–Trinajstić information content (AvgIpc) is 2.73. The first-order valence-electron chi connectivity index (χ1n) is 9.98. The number of amides is 1. The standard InChI is InChI=1S/C23H31N3O/c1-18(22(24)21-10-6-3-7-11-21)23(27)25-16-19-12-14-26(15-13-19)17-20-8-4-2-5-9-20/h2-11,18-19,22H,12-17,24H2,1H3,(H,25,27). The molecule has 144 valence electrons. The summed E-state index contributed by atoms with van der Waals surface area (Å²) in [6.45, 7) is 5.87. The zero-order chi connectivity index (χ0) is 19.1. The fourth-order valence-corrected chi connectivity index (χ4v) is 3.72. The van der Waals surface area contributed by atoms with Gasteiger partial charge in [-0.15, -0.1) is 0 Å². The summed E-state index contributed by atoms with van der Waals surface area (Å²) in [7, 11) is 0. The number of nitrogens with one attached hydrogen (secondary N) is 1. The molecular weight excluding hydrogens is 334 g/mol. The second-order valence-corrected chi connectivity index (χ2v) is 7.68. The van der Waals surface area contributed by atoms with Crippen LogP contribution >= 0.6 is 0 Å². The second-order valence-electron chi connectivity index (χ2n) is 7.68. The van der Waals surface area contributed by atoms with Crippen molar-refractivity contribution in [2.24, 2.45) is 17.6 Å². The number of benzene rings is 2. The molecule has 2 aromatic rings. The predicted molar refractivity (Wildman–Crippen MR) is 110 cm³/mol. The van der Waals surface area contributed by atoms with Crippen LogP contribution < -0.4 is 11.1 Å². The van der Waals surface area contributed by atoms with Crippen molar-refractivity contribution in [3.8, 4) is 0 Å². The van der Waals surface area contributed by atoms with E-state index in [0.29, 0.717) is 5.92 Å². The molecule has 0 spiro atoms. The Morgan fingerprint density at radius 3 is 2.30 bits per heavy atom. The number of likely N-dealkylation sites (tertiary alicyclic amines) is 1. The van der Waals surface area contributed by atoms with E-state index in [2.05, 4.69) is 40.5 Å². The smallest absolute Gasteiger partial charge is 0.224 e. The second kappa shape index (κ2) is 9.67. The van der Waals surface area contributed by atoms with E-state index in [0.717, 1.165) is 44.6 Å². The van der Waals surface area contributed by atoms with Crippen molar-refractivity contribution >= 4 is 5.91 Å². The topological polar surface area (TPSA) is 58.4 Å². The van der Waals surface area contributed by atoms with Gasteiger partial charge in [-0.05, 0) is 43.0 Å². The van der Waals surface area contributed by atoms with Gasteiger partial charge in [-0.2, -0.15) is 0 Å². The Labute approximate surface area is 162 Å². The van der Waals surface area contributed by atoms with Gasteiger partial charge in [0, 0.05) is 19.1 Å². The molecule has 2 unspecified atom stereocenters. The molecule has 1 saturated heterocycles. The molecule has 2 atom stereocenters. The van der Waals surface area contributed by atoms with Crippen LogP contribution in [0.3, 0.4) is 0 Å². The number of carbonyl (C=O) groups is 1. The van der Waals surface area contributed by atoms with Crippen LogP contribution in [0.25, 0.3) is 0 Å². The van der Waals surface area contributed by atoms with Gasteiger partial charge < -0.3 is 11.1 Å². The van der Waals surface area contributed by atoms with Crippen LogP contribution in [0, 0.1) is 11.8 Å². The highest BCUT2D eigenvalue weighted by Crippen LogP contribution is 2.21. The summed E-state index contributed by atoms with van der Waals surface area (Å²) in [4.78, 5) is 15.0. The molecule has 0 bridgehead atoms. The predicted octanol–water partition coefficient (Wildman–Crippen LogP) is 3.35. The molecule has 1 aliphatic rings. The Balaban J connectivity index is 1.40. The van der Waals surface area contributed by atoms with Crippen molar-refractivity contribution in [1.82, 2.24) is 10.2 Å². The van der Waals surface area contributed by atoms with Crippen molar-refractivity contribution in [3.63, 3.8) is 0 Å². The first kappa shape index (κ1) is 19.6. The van der Waals surface area contributed by atoms with E-state index in [1.165, 1.54) is 5.56 Å². The van der Waals surface area contributed by atoms with Crippen molar-refractivity contribution < 1.29 is 4.79 Å². The number of carbonyl (C=O) groups excluding carboxylic acids is 1. The van der Waals surface area contributed by atoms with Crippen molar-refractivity contribution in [1.29, 1.82) is 0 Å². The number of nitrogens with zero attached hydrogens (tertiary/aromatic N) is 1. The van der Waals surface area contributed by atoms with Gasteiger partial charge in [-0.1, -0.05) is 67.6 Å². The van der Waals surface area contributed by atoms with Gasteiger partial charge in [0.2, 0.25) is 5.91 Å². The fraction of sp³-hybridized carbons (Fsp3) is 0.435. The van der Waals surface area contributed by atoms with Gasteiger partial charge in [0.1, 0.15) is 0 Å². The maximum Gasteiger partial charge on any atom is 0.224 e. The van der Waals surface area contributed by atoms with E-state index in [1.807, 2.05) is 37.3 Å². The summed E-state index contributed by atoms with van der Waals surface area (Å²) < 4.78 is 0. The van der Waals surface area contributed by atoms with Crippen LogP contribution in [0.4, 0.5) is 0 Å². The number of nitrogens with two attached hydrogens (primary N) is 1. The molecule has 4 heteroatoms. The molecule has 0 saturated carbocycles. The zero-order valence-corrected chi connectivity index (χ0v) is 16.2. The van der Waals surface area contributed by atoms with Crippen LogP contribution in [0.2, 0.25) is 0 Å². The van der Waals surface area contributed by atoms with E-state index >= 15 is 0 Å². The van der Waals surface area contributed by atoms with Gasteiger partial charge in [0.25, 0.3) is 0 Å². The normalized spacial score (nSPS) is 18.0. The molecule has 1 aliphatic heterocycles. The largest absolute Gasteiger partial charge is 0.356 e. The summed E-state index contributed by atoms with van der Waals surface area (Å²) in [6, 6.07) is 20.2. The van der Waals surface area contributed by atoms with E-state index in [4.69, 9.17) is 5.73 Å². The Morgan fingerprint density at radius 2 is 1.67 bits per heavy atom. The Hall–Kier alpha value is -2.17. The van der Waals surface area contributed by atoms with E-state index in [-0.39, 0.29) is 17.9 Å². The van der Waals surface area contributed by atoms with E-state index < -0.39 is 0 Å². The molecule has 1 fully saturated rings. The van der Waals surface area contributed by atoms with Gasteiger partial charge in [-0.25, -0.2) is 0 Å². The molecule has 27 heavy (non-hydrogen) atoms. The third-order valence-electron chi connectivity index (χ3n) is 5.66. The Bertz CT molecular complexity index is 696. The molecule has 1 heterocycles. The number of rotatable bonds is 7. The molecule has 1 amide bonds. The van der Waals surface area contributed by atoms with Crippen LogP contribution in [-0.2, 0) is 11.3 Å². The lowest BCUT2D eigenvalue weighted by Crippen LogP contribution is -2.41. The van der Waals surface area contributed by atoms with E-state index in [1.54, 1.807) is 0 Å². The van der Waals surface area contributed by atoms with Crippen molar-refractivity contribution in [2.75, 3.05) is 19.6 Å². The molecular formula is C23H31N3O. The lowest BCUT2D eigenvalue weighted by molar-refractivity contribution is -0.125. The summed E-state index contributed by atoms with van der Waals surface area (Å²) in [5, 5.41) is 3.13. The van der Waals surface area contributed by atoms with Gasteiger partial charge in [-0.3, -0.25) is 9.69 Å². The zero-order valence-electron chi connectivity index (χ0n) is 16.2. The summed E-state index contributed by atoms with van der Waals surface area (Å²) in [5.74, 6) is 0.379. The SMILES string of the molecule is CC(C(=O)NCC1CCN(Cc2ccccc2)CC1)C(N)c1ccccc1. The minimum absolute atomic E-state index is 0.0538. The Kier molecular flexibility index (Phi) is 7.02. The van der Waals surface area contributed by atoms with Crippen LogP contribution in [-0.4, -0.2) is 30.4 Å². The quantitative estimate of drug-likeness (QED) is 0.791. The maximum atomic E-state index is 12.5. The lowest BCUT2D eigenvalue weighted by atomic mass is 9.93. The number of hydrogen-bond acceptors (Lipinski definition) is 3. The molecule has 3 N–H and O–H groups in total. The molecule has 2 aromatic carbocycles. The molecule has 4 nitrogen and oxygen atoms in total. The highest BCUT2D eigenvalue weighted by molar-refractivity contribution is 5.79. The van der Waals surface area contributed by atoms with Crippen molar-refractivity contribution in [2.45, 2.75) is 32.4 Å². The number of hydrogen-bond donors (Lipinski definition) is 2. The molecule has 0 aliphatic carbocycles. The third-order valence-corrected chi connectivity index (χ3v) is 5.66. The first-order chi connectivity index (χ1) is 13.1. The van der Waals surface area contributed by atoms with Crippen LogP contribution in [0.15, 0.2) is 60.7 Å². The van der Waals surface area contributed by atoms with Gasteiger partial charge in [0.15, 0.2) is 0 Å². The van der Waals surface area contributed by atoms with Crippen molar-refractivity contribution in [3.05, 3.63) is 71.8 Å². The fourth-order valence-electron chi connectivity index (χ4n) is 3.72. The first-order valence-corrected chi connectivity index (χ1v) is 9.98. The molecule has 0 radical (unpaired) electrons. The highest BCUT2D eigenvalue weighted by atomic mass is 16.1. The van der Waals surface area contributed by atoms with Crippen LogP contribution in [0.5, 0.6) is 0 Å². The molecule has 3 rings (SSSR count). The maximum absolute atomic E-state index is 12.5. The number of piperidine rings is 1. The minimum atomic E-state index is -0.265. The third kappa shape index (κ3) is 5.65. The average molecular weight is 366 g/mol. The summed E-state index contributed by atoms with van der Waals surface area (Å²) in [5.41, 5.74) is 8.65. The van der Waals surface area contributed by atoms with E-state index in [9.17, 15) is 4.79 Å². The minimum Gasteiger partial charge on any atom is -0.356 e. The van der Waals surface area contributed by atoms with Gasteiger partial charge in [0.05, 0.1) is 5.92 Å².